The molecule has 1 aliphatic carbocycles. The molecule has 2 rings (SSSR count). The van der Waals surface area contributed by atoms with E-state index in [-0.39, 0.29) is 23.1 Å². The fourth-order valence-electron chi connectivity index (χ4n) is 2.96. The molecule has 0 aromatic carbocycles. The summed E-state index contributed by atoms with van der Waals surface area (Å²) in [6, 6.07) is -0.424. The Morgan fingerprint density at radius 3 is 2.50 bits per heavy atom. The zero-order chi connectivity index (χ0) is 13.3. The maximum Gasteiger partial charge on any atom is 0.244 e. The molecule has 2 aliphatic rings. The first-order chi connectivity index (χ1) is 8.46. The summed E-state index contributed by atoms with van der Waals surface area (Å²) in [7, 11) is 3.41. The Labute approximate surface area is 108 Å². The molecule has 2 amide bonds. The lowest BCUT2D eigenvalue weighted by Gasteiger charge is -2.24. The highest BCUT2D eigenvalue weighted by Crippen LogP contribution is 2.58. The minimum Gasteiger partial charge on any atom is -0.347 e. The molecule has 18 heavy (non-hydrogen) atoms. The van der Waals surface area contributed by atoms with Gasteiger partial charge in [0.05, 0.1) is 0 Å². The summed E-state index contributed by atoms with van der Waals surface area (Å²) in [4.78, 5) is 25.3. The summed E-state index contributed by atoms with van der Waals surface area (Å²) in [6.45, 7) is 3.77. The molecule has 0 radical (unpaired) electrons. The monoisotopic (exact) mass is 253 g/mol. The van der Waals surface area contributed by atoms with Gasteiger partial charge in [0, 0.05) is 20.0 Å². The number of amides is 2. The van der Waals surface area contributed by atoms with E-state index in [2.05, 4.69) is 10.6 Å². The number of carbonyl (C=O) groups is 2. The fourth-order valence-corrected chi connectivity index (χ4v) is 2.96. The van der Waals surface area contributed by atoms with Crippen LogP contribution in [0.2, 0.25) is 0 Å². The van der Waals surface area contributed by atoms with Crippen LogP contribution in [0, 0.1) is 11.3 Å². The predicted molar refractivity (Wildman–Crippen MR) is 68.9 cm³/mol. The van der Waals surface area contributed by atoms with Crippen LogP contribution in [0.25, 0.3) is 0 Å². The molecule has 2 N–H and O–H groups in total. The van der Waals surface area contributed by atoms with Crippen LogP contribution in [0.4, 0.5) is 0 Å². The highest BCUT2D eigenvalue weighted by atomic mass is 16.2. The minimum absolute atomic E-state index is 0.0524. The highest BCUT2D eigenvalue weighted by molar-refractivity contribution is 5.89. The van der Waals surface area contributed by atoms with E-state index in [1.807, 2.05) is 0 Å². The Hall–Kier alpha value is -1.10. The Morgan fingerprint density at radius 2 is 1.94 bits per heavy atom. The smallest absolute Gasteiger partial charge is 0.244 e. The van der Waals surface area contributed by atoms with Gasteiger partial charge in [-0.2, -0.15) is 0 Å². The van der Waals surface area contributed by atoms with Gasteiger partial charge < -0.3 is 15.5 Å². The Balaban J connectivity index is 1.85. The molecule has 2 atom stereocenters. The molecular weight excluding hydrogens is 230 g/mol. The van der Waals surface area contributed by atoms with Crippen LogP contribution >= 0.6 is 0 Å². The van der Waals surface area contributed by atoms with Crippen LogP contribution in [0.15, 0.2) is 0 Å². The lowest BCUT2D eigenvalue weighted by Crippen LogP contribution is -2.45. The van der Waals surface area contributed by atoms with Crippen molar-refractivity contribution in [1.29, 1.82) is 0 Å². The van der Waals surface area contributed by atoms with Crippen molar-refractivity contribution in [3.8, 4) is 0 Å². The first-order valence-electron chi connectivity index (χ1n) is 6.68. The van der Waals surface area contributed by atoms with Crippen molar-refractivity contribution < 1.29 is 9.59 Å². The van der Waals surface area contributed by atoms with Crippen molar-refractivity contribution >= 4 is 11.8 Å². The molecule has 5 nitrogen and oxygen atoms in total. The van der Waals surface area contributed by atoms with Crippen molar-refractivity contribution in [2.24, 2.45) is 11.3 Å². The molecule has 2 fully saturated rings. The molecule has 102 valence electrons. The molecule has 1 spiro atoms. The number of nitrogens with zero attached hydrogens (tertiary/aromatic N) is 1. The van der Waals surface area contributed by atoms with E-state index in [0.29, 0.717) is 0 Å². The summed E-state index contributed by atoms with van der Waals surface area (Å²) in [5.41, 5.74) is 0.232. The first-order valence-corrected chi connectivity index (χ1v) is 6.68. The molecule has 2 unspecified atom stereocenters. The summed E-state index contributed by atoms with van der Waals surface area (Å²) in [6.07, 6.45) is 3.16. The lowest BCUT2D eigenvalue weighted by molar-refractivity contribution is -0.134. The van der Waals surface area contributed by atoms with Crippen LogP contribution < -0.4 is 10.6 Å². The first kappa shape index (κ1) is 13.3. The summed E-state index contributed by atoms with van der Waals surface area (Å²) in [5, 5.41) is 6.17. The minimum atomic E-state index is -0.424. The maximum atomic E-state index is 12.1. The molecule has 5 heteroatoms. The second kappa shape index (κ2) is 4.88. The van der Waals surface area contributed by atoms with Crippen molar-refractivity contribution in [2.75, 3.05) is 27.2 Å². The molecule has 0 aromatic heterocycles. The zero-order valence-electron chi connectivity index (χ0n) is 11.5. The Kier molecular flexibility index (Phi) is 3.61. The number of carbonyl (C=O) groups excluding carboxylic acids is 2. The summed E-state index contributed by atoms with van der Waals surface area (Å²) < 4.78 is 0. The molecule has 1 heterocycles. The van der Waals surface area contributed by atoms with Gasteiger partial charge in [0.2, 0.25) is 11.8 Å². The number of likely N-dealkylation sites (N-methyl/N-ethyl adjacent to an activating group) is 1. The normalized spacial score (nSPS) is 26.5. The number of hydrogen-bond acceptors (Lipinski definition) is 3. The Bertz CT molecular complexity index is 348. The topological polar surface area (TPSA) is 61.4 Å². The number of hydrogen-bond donors (Lipinski definition) is 2. The highest BCUT2D eigenvalue weighted by Gasteiger charge is 2.57. The third kappa shape index (κ3) is 2.51. The van der Waals surface area contributed by atoms with E-state index >= 15 is 0 Å². The number of piperidine rings is 1. The van der Waals surface area contributed by atoms with Gasteiger partial charge in [-0.05, 0) is 44.7 Å². The Morgan fingerprint density at radius 1 is 1.33 bits per heavy atom. The maximum absolute atomic E-state index is 12.1. The van der Waals surface area contributed by atoms with E-state index in [9.17, 15) is 9.59 Å². The van der Waals surface area contributed by atoms with E-state index in [1.54, 1.807) is 21.0 Å². The predicted octanol–water partition coefficient (Wildman–Crippen LogP) is -0.0310. The van der Waals surface area contributed by atoms with Crippen molar-refractivity contribution in [3.63, 3.8) is 0 Å². The van der Waals surface area contributed by atoms with E-state index in [4.69, 9.17) is 0 Å². The summed E-state index contributed by atoms with van der Waals surface area (Å²) in [5.74, 6) is 0.125. The van der Waals surface area contributed by atoms with Crippen LogP contribution in [-0.4, -0.2) is 49.9 Å². The van der Waals surface area contributed by atoms with Crippen LogP contribution in [0.3, 0.4) is 0 Å². The largest absolute Gasteiger partial charge is 0.347 e. The van der Waals surface area contributed by atoms with Crippen LogP contribution in [0.1, 0.15) is 26.2 Å². The van der Waals surface area contributed by atoms with Gasteiger partial charge in [0.25, 0.3) is 0 Å². The molecule has 0 aromatic rings. The van der Waals surface area contributed by atoms with Crippen LogP contribution in [-0.2, 0) is 9.59 Å². The average Bonchev–Trinajstić information content (AvgIpc) is 3.02. The number of nitrogens with one attached hydrogen (secondary N) is 2. The van der Waals surface area contributed by atoms with Gasteiger partial charge in [-0.3, -0.25) is 9.59 Å². The van der Waals surface area contributed by atoms with Gasteiger partial charge in [-0.25, -0.2) is 0 Å². The molecule has 1 aliphatic heterocycles. The van der Waals surface area contributed by atoms with Gasteiger partial charge >= 0.3 is 0 Å². The SMILES string of the molecule is CC(NC(=O)C1CC12CCNCC2)C(=O)N(C)C. The third-order valence-electron chi connectivity index (χ3n) is 4.28. The van der Waals surface area contributed by atoms with E-state index < -0.39 is 6.04 Å². The molecule has 1 saturated carbocycles. The van der Waals surface area contributed by atoms with E-state index in [0.717, 1.165) is 32.4 Å². The van der Waals surface area contributed by atoms with Crippen molar-refractivity contribution in [3.05, 3.63) is 0 Å². The van der Waals surface area contributed by atoms with Crippen LogP contribution in [0.5, 0.6) is 0 Å². The average molecular weight is 253 g/mol. The van der Waals surface area contributed by atoms with Gasteiger partial charge in [-0.15, -0.1) is 0 Å². The second-order valence-electron chi connectivity index (χ2n) is 5.83. The van der Waals surface area contributed by atoms with Gasteiger partial charge in [-0.1, -0.05) is 0 Å². The molecule has 1 saturated heterocycles. The quantitative estimate of drug-likeness (QED) is 0.742. The second-order valence-corrected chi connectivity index (χ2v) is 5.83. The lowest BCUT2D eigenvalue weighted by atomic mass is 9.91. The molecular formula is C13H23N3O2. The summed E-state index contributed by atoms with van der Waals surface area (Å²) >= 11 is 0. The fraction of sp³-hybridized carbons (Fsp3) is 0.846. The van der Waals surface area contributed by atoms with Gasteiger partial charge in [0.15, 0.2) is 0 Å². The zero-order valence-corrected chi connectivity index (χ0v) is 11.5. The van der Waals surface area contributed by atoms with Crippen molar-refractivity contribution in [1.82, 2.24) is 15.5 Å². The number of rotatable bonds is 3. The standard InChI is InChI=1S/C13H23N3O2/c1-9(12(18)16(2)3)15-11(17)10-8-13(10)4-6-14-7-5-13/h9-10,14H,4-8H2,1-3H3,(H,15,17). The molecule has 0 bridgehead atoms. The van der Waals surface area contributed by atoms with Gasteiger partial charge in [0.1, 0.15) is 6.04 Å². The van der Waals surface area contributed by atoms with Crippen molar-refractivity contribution in [2.45, 2.75) is 32.2 Å². The third-order valence-corrected chi connectivity index (χ3v) is 4.28. The van der Waals surface area contributed by atoms with E-state index in [1.165, 1.54) is 4.90 Å².